The summed E-state index contributed by atoms with van der Waals surface area (Å²) in [7, 11) is 3.85. The van der Waals surface area contributed by atoms with Crippen molar-refractivity contribution in [1.82, 2.24) is 10.2 Å². The molecule has 0 aliphatic carbocycles. The summed E-state index contributed by atoms with van der Waals surface area (Å²) in [4.78, 5) is 1.91. The summed E-state index contributed by atoms with van der Waals surface area (Å²) in [6, 6.07) is 5.21. The molecule has 2 aliphatic rings. The lowest BCUT2D eigenvalue weighted by molar-refractivity contribution is 0.190. The molecule has 3 nitrogen and oxygen atoms in total. The molecular formula is C32H49FN2O. The summed E-state index contributed by atoms with van der Waals surface area (Å²) >= 11 is 0. The Balaban J connectivity index is 0.000000656. The molecule has 3 rings (SSSR count). The van der Waals surface area contributed by atoms with E-state index in [9.17, 15) is 4.39 Å². The maximum Gasteiger partial charge on any atom is 0.126 e. The normalized spacial score (nSPS) is 17.3. The van der Waals surface area contributed by atoms with E-state index in [1.807, 2.05) is 52.0 Å². The smallest absolute Gasteiger partial charge is 0.126 e. The minimum absolute atomic E-state index is 0. The molecular weight excluding hydrogens is 447 g/mol. The number of nitrogens with one attached hydrogen (secondary N) is 1. The molecule has 0 radical (unpaired) electrons. The summed E-state index contributed by atoms with van der Waals surface area (Å²) in [5.74, 6) is 0.362. The first-order valence-corrected chi connectivity index (χ1v) is 12.9. The highest BCUT2D eigenvalue weighted by Crippen LogP contribution is 2.31. The highest BCUT2D eigenvalue weighted by molar-refractivity contribution is 5.73. The minimum atomic E-state index is -0.181. The van der Waals surface area contributed by atoms with Gasteiger partial charge in [0.05, 0.1) is 6.61 Å². The van der Waals surface area contributed by atoms with Gasteiger partial charge in [0, 0.05) is 40.8 Å². The van der Waals surface area contributed by atoms with Gasteiger partial charge in [-0.2, -0.15) is 0 Å². The molecule has 4 heteroatoms. The summed E-state index contributed by atoms with van der Waals surface area (Å²) in [6.45, 7) is 27.7. The van der Waals surface area contributed by atoms with Crippen LogP contribution < -0.4 is 5.32 Å². The largest absolute Gasteiger partial charge is 0.383 e. The van der Waals surface area contributed by atoms with Crippen LogP contribution in [0.3, 0.4) is 0 Å². The van der Waals surface area contributed by atoms with Gasteiger partial charge in [0.1, 0.15) is 5.82 Å². The van der Waals surface area contributed by atoms with Gasteiger partial charge in [-0.15, -0.1) is 0 Å². The molecule has 0 bridgehead atoms. The second-order valence-electron chi connectivity index (χ2n) is 9.38. The zero-order valence-electron chi connectivity index (χ0n) is 23.5. The van der Waals surface area contributed by atoms with Crippen LogP contribution in [0.2, 0.25) is 0 Å². The Morgan fingerprint density at radius 3 is 2.47 bits per heavy atom. The minimum Gasteiger partial charge on any atom is -0.383 e. The predicted molar refractivity (Wildman–Crippen MR) is 158 cm³/mol. The third-order valence-electron chi connectivity index (χ3n) is 6.28. The number of hydrogen-bond acceptors (Lipinski definition) is 3. The van der Waals surface area contributed by atoms with Crippen molar-refractivity contribution in [3.8, 4) is 0 Å². The third kappa shape index (κ3) is 9.75. The lowest BCUT2D eigenvalue weighted by Crippen LogP contribution is -2.26. The van der Waals surface area contributed by atoms with Crippen molar-refractivity contribution < 1.29 is 10.6 Å². The maximum atomic E-state index is 13.3. The van der Waals surface area contributed by atoms with Crippen LogP contribution in [0.25, 0.3) is 5.57 Å². The first-order chi connectivity index (χ1) is 17.1. The van der Waals surface area contributed by atoms with Gasteiger partial charge in [-0.25, -0.2) is 4.39 Å². The van der Waals surface area contributed by atoms with E-state index < -0.39 is 0 Å². The van der Waals surface area contributed by atoms with E-state index in [-0.39, 0.29) is 7.24 Å². The van der Waals surface area contributed by atoms with Gasteiger partial charge >= 0.3 is 0 Å². The van der Waals surface area contributed by atoms with Gasteiger partial charge in [-0.05, 0) is 73.6 Å². The van der Waals surface area contributed by atoms with Crippen LogP contribution in [0.5, 0.6) is 0 Å². The fraction of sp³-hybridized carbons (Fsp3) is 0.438. The van der Waals surface area contributed by atoms with Gasteiger partial charge in [-0.1, -0.05) is 75.1 Å². The SMILES string of the molecule is C=C(C)C(=C)C1=C(CC(=C)C2CCOC2)CCNC1.C=C/C(=C\N(C)C)c1ccc(C)c(F)c1.CC.[HH]. The van der Waals surface area contributed by atoms with Gasteiger partial charge in [0.25, 0.3) is 0 Å². The molecule has 1 saturated heterocycles. The van der Waals surface area contributed by atoms with Gasteiger partial charge in [0.2, 0.25) is 0 Å². The average Bonchev–Trinajstić information content (AvgIpc) is 3.41. The second-order valence-corrected chi connectivity index (χ2v) is 9.38. The van der Waals surface area contributed by atoms with Crippen molar-refractivity contribution in [1.29, 1.82) is 0 Å². The van der Waals surface area contributed by atoms with Crippen LogP contribution in [0.4, 0.5) is 4.39 Å². The van der Waals surface area contributed by atoms with E-state index in [0.717, 1.165) is 67.8 Å². The first kappa shape index (κ1) is 31.3. The van der Waals surface area contributed by atoms with Crippen molar-refractivity contribution in [3.05, 3.63) is 102 Å². The van der Waals surface area contributed by atoms with E-state index in [1.165, 1.54) is 22.8 Å². The monoisotopic (exact) mass is 496 g/mol. The third-order valence-corrected chi connectivity index (χ3v) is 6.28. The maximum absolute atomic E-state index is 13.3. The molecule has 2 heterocycles. The first-order valence-electron chi connectivity index (χ1n) is 12.9. The topological polar surface area (TPSA) is 24.5 Å². The molecule has 0 spiro atoms. The molecule has 1 unspecified atom stereocenters. The lowest BCUT2D eigenvalue weighted by Gasteiger charge is -2.25. The van der Waals surface area contributed by atoms with E-state index >= 15 is 0 Å². The zero-order chi connectivity index (χ0) is 27.3. The summed E-state index contributed by atoms with van der Waals surface area (Å²) in [5, 5.41) is 3.43. The van der Waals surface area contributed by atoms with Gasteiger partial charge < -0.3 is 15.0 Å². The summed E-state index contributed by atoms with van der Waals surface area (Å²) in [6.07, 6.45) is 6.86. The number of nitrogens with zero attached hydrogens (tertiary/aromatic N) is 1. The molecule has 0 aromatic heterocycles. The van der Waals surface area contributed by atoms with E-state index in [1.54, 1.807) is 19.1 Å². The van der Waals surface area contributed by atoms with E-state index in [4.69, 9.17) is 4.74 Å². The Morgan fingerprint density at radius 2 is 1.94 bits per heavy atom. The Kier molecular flexibility index (Phi) is 14.0. The van der Waals surface area contributed by atoms with Crippen molar-refractivity contribution in [2.45, 2.75) is 47.0 Å². The molecule has 200 valence electrons. The van der Waals surface area contributed by atoms with Crippen LogP contribution in [0.1, 0.15) is 52.6 Å². The molecule has 0 amide bonds. The molecule has 1 atom stereocenters. The second kappa shape index (κ2) is 16.1. The molecule has 36 heavy (non-hydrogen) atoms. The number of halogens is 1. The number of allylic oxidation sites excluding steroid dienone is 3. The number of rotatable bonds is 8. The van der Waals surface area contributed by atoms with Crippen LogP contribution in [-0.4, -0.2) is 45.3 Å². The summed E-state index contributed by atoms with van der Waals surface area (Å²) < 4.78 is 18.8. The highest BCUT2D eigenvalue weighted by atomic mass is 19.1. The molecule has 2 aliphatic heterocycles. The highest BCUT2D eigenvalue weighted by Gasteiger charge is 2.22. The van der Waals surface area contributed by atoms with E-state index in [0.29, 0.717) is 11.5 Å². The van der Waals surface area contributed by atoms with Crippen molar-refractivity contribution >= 4 is 5.57 Å². The quantitative estimate of drug-likeness (QED) is 0.292. The number of aryl methyl sites for hydroxylation is 1. The fourth-order valence-electron chi connectivity index (χ4n) is 4.07. The number of benzene rings is 1. The number of ether oxygens (including phenoxy) is 1. The van der Waals surface area contributed by atoms with Crippen molar-refractivity contribution in [2.24, 2.45) is 5.92 Å². The van der Waals surface area contributed by atoms with Crippen LogP contribution in [0, 0.1) is 18.7 Å². The molecule has 1 aromatic rings. The fourth-order valence-corrected chi connectivity index (χ4v) is 4.07. The van der Waals surface area contributed by atoms with Crippen LogP contribution in [-0.2, 0) is 4.74 Å². The molecule has 1 fully saturated rings. The Hall–Kier alpha value is -2.69. The van der Waals surface area contributed by atoms with Crippen LogP contribution in [0.15, 0.2) is 84.7 Å². The van der Waals surface area contributed by atoms with Crippen molar-refractivity contribution in [3.63, 3.8) is 0 Å². The van der Waals surface area contributed by atoms with E-state index in [2.05, 4.69) is 31.6 Å². The molecule has 1 N–H and O–H groups in total. The van der Waals surface area contributed by atoms with Crippen molar-refractivity contribution in [2.75, 3.05) is 40.4 Å². The Labute approximate surface area is 221 Å². The van der Waals surface area contributed by atoms with Gasteiger partial charge in [0.15, 0.2) is 0 Å². The average molecular weight is 497 g/mol. The Bertz CT molecular complexity index is 985. The summed E-state index contributed by atoms with van der Waals surface area (Å²) in [5.41, 5.74) is 8.74. The molecule has 1 aromatic carbocycles. The number of hydrogen-bond donors (Lipinski definition) is 1. The zero-order valence-corrected chi connectivity index (χ0v) is 23.5. The van der Waals surface area contributed by atoms with Crippen LogP contribution >= 0.6 is 0 Å². The Morgan fingerprint density at radius 1 is 1.25 bits per heavy atom. The molecule has 0 saturated carbocycles. The lowest BCUT2D eigenvalue weighted by atomic mass is 9.86. The van der Waals surface area contributed by atoms with Gasteiger partial charge in [-0.3, -0.25) is 0 Å². The predicted octanol–water partition coefficient (Wildman–Crippen LogP) is 7.89. The standard InChI is InChI=1S/C17H25NO.C13H16FN.C2H6.H2/c1-12(2)14(4)17-10-18-7-5-15(17)9-13(3)16-6-8-19-11-16;1-5-11(9-15(3)4)12-7-6-10(2)13(14)8-12;1-2;/h16,18H,1,3-11H2,2H3;5-9H,1H2,2-4H3;1-2H3;1H/b;11-9+;;.